The molecule has 0 saturated heterocycles. The zero-order chi connectivity index (χ0) is 15.8. The van der Waals surface area contributed by atoms with Crippen LogP contribution in [0, 0.1) is 0 Å². The predicted octanol–water partition coefficient (Wildman–Crippen LogP) is 3.80. The van der Waals surface area contributed by atoms with Crippen LogP contribution < -0.4 is 0 Å². The van der Waals surface area contributed by atoms with E-state index in [0.29, 0.717) is 0 Å². The van der Waals surface area contributed by atoms with Crippen LogP contribution in [-0.2, 0) is 12.8 Å². The third kappa shape index (κ3) is 2.42. The number of benzene rings is 2. The van der Waals surface area contributed by atoms with Gasteiger partial charge >= 0.3 is 0 Å². The van der Waals surface area contributed by atoms with E-state index in [2.05, 4.69) is 29.2 Å². The molecule has 3 nitrogen and oxygen atoms in total. The zero-order valence-corrected chi connectivity index (χ0v) is 13.3. The first-order valence-corrected chi connectivity index (χ1v) is 8.14. The van der Waals surface area contributed by atoms with E-state index in [-0.39, 0.29) is 11.9 Å². The minimum absolute atomic E-state index is 0.110. The van der Waals surface area contributed by atoms with Crippen molar-refractivity contribution in [2.24, 2.45) is 0 Å². The fourth-order valence-corrected chi connectivity index (χ4v) is 3.63. The number of para-hydroxylation sites is 1. The maximum absolute atomic E-state index is 12.7. The van der Waals surface area contributed by atoms with Crippen molar-refractivity contribution in [1.29, 1.82) is 0 Å². The average Bonchev–Trinajstić information content (AvgIpc) is 2.99. The van der Waals surface area contributed by atoms with Crippen LogP contribution in [0.2, 0.25) is 0 Å². The topological polar surface area (TPSA) is 36.1 Å². The van der Waals surface area contributed by atoms with Crippen LogP contribution >= 0.6 is 0 Å². The molecule has 2 aromatic carbocycles. The van der Waals surface area contributed by atoms with Gasteiger partial charge in [0.2, 0.25) is 0 Å². The maximum atomic E-state index is 12.7. The van der Waals surface area contributed by atoms with Gasteiger partial charge in [-0.15, -0.1) is 0 Å². The summed E-state index contributed by atoms with van der Waals surface area (Å²) < 4.78 is 0. The van der Waals surface area contributed by atoms with Gasteiger partial charge < -0.3 is 9.88 Å². The summed E-state index contributed by atoms with van der Waals surface area (Å²) in [5.74, 6) is 0.110. The highest BCUT2D eigenvalue weighted by molar-refractivity contribution is 5.94. The molecule has 3 aromatic rings. The normalized spacial score (nSPS) is 17.0. The standard InChI is InChI=1S/C20H20N2O/c1-22(20(23)14-7-3-2-4-8-14)15-11-12-19-17(13-15)16-9-5-6-10-18(16)21-19/h2-10,15,21H,11-13H2,1H3. The van der Waals surface area contributed by atoms with E-state index in [4.69, 9.17) is 0 Å². The molecule has 0 fully saturated rings. The van der Waals surface area contributed by atoms with Crippen LogP contribution in [0.4, 0.5) is 0 Å². The fraction of sp³-hybridized carbons (Fsp3) is 0.250. The first kappa shape index (κ1) is 14.1. The minimum Gasteiger partial charge on any atom is -0.358 e. The minimum atomic E-state index is 0.110. The number of hydrogen-bond donors (Lipinski definition) is 1. The number of carbonyl (C=O) groups excluding carboxylic acids is 1. The number of H-pyrrole nitrogens is 1. The molecule has 4 rings (SSSR count). The molecule has 1 aromatic heterocycles. The molecular weight excluding hydrogens is 284 g/mol. The van der Waals surface area contributed by atoms with Crippen molar-refractivity contribution in [3.05, 3.63) is 71.4 Å². The van der Waals surface area contributed by atoms with Gasteiger partial charge in [-0.2, -0.15) is 0 Å². The molecule has 0 aliphatic heterocycles. The van der Waals surface area contributed by atoms with Crippen LogP contribution in [-0.4, -0.2) is 28.9 Å². The highest BCUT2D eigenvalue weighted by Gasteiger charge is 2.27. The van der Waals surface area contributed by atoms with Crippen LogP contribution in [0.3, 0.4) is 0 Å². The number of aromatic nitrogens is 1. The molecule has 1 atom stereocenters. The van der Waals surface area contributed by atoms with Gasteiger partial charge in [0.15, 0.2) is 0 Å². The summed E-state index contributed by atoms with van der Waals surface area (Å²) in [5, 5.41) is 1.30. The summed E-state index contributed by atoms with van der Waals surface area (Å²) in [5.41, 5.74) is 4.68. The Morgan fingerprint density at radius 2 is 1.83 bits per heavy atom. The van der Waals surface area contributed by atoms with Gasteiger partial charge in [0, 0.05) is 35.2 Å². The number of hydrogen-bond acceptors (Lipinski definition) is 1. The lowest BCUT2D eigenvalue weighted by Crippen LogP contribution is -2.40. The van der Waals surface area contributed by atoms with Crippen molar-refractivity contribution in [2.45, 2.75) is 25.3 Å². The fourth-order valence-electron chi connectivity index (χ4n) is 3.63. The van der Waals surface area contributed by atoms with E-state index < -0.39 is 0 Å². The van der Waals surface area contributed by atoms with Crippen LogP contribution in [0.25, 0.3) is 10.9 Å². The van der Waals surface area contributed by atoms with Gasteiger partial charge in [-0.05, 0) is 43.0 Å². The molecule has 3 heteroatoms. The second-order valence-electron chi connectivity index (χ2n) is 6.31. The Hall–Kier alpha value is -2.55. The number of carbonyl (C=O) groups is 1. The predicted molar refractivity (Wildman–Crippen MR) is 92.6 cm³/mol. The quantitative estimate of drug-likeness (QED) is 0.768. The molecule has 1 unspecified atom stereocenters. The van der Waals surface area contributed by atoms with Gasteiger partial charge in [-0.1, -0.05) is 36.4 Å². The Morgan fingerprint density at radius 1 is 1.09 bits per heavy atom. The number of likely N-dealkylation sites (N-methyl/N-ethyl adjacent to an activating group) is 1. The van der Waals surface area contributed by atoms with Crippen molar-refractivity contribution in [2.75, 3.05) is 7.05 Å². The lowest BCUT2D eigenvalue weighted by Gasteiger charge is -2.31. The number of aromatic amines is 1. The summed E-state index contributed by atoms with van der Waals surface area (Å²) in [6, 6.07) is 18.3. The zero-order valence-electron chi connectivity index (χ0n) is 13.3. The first-order valence-electron chi connectivity index (χ1n) is 8.14. The first-order chi connectivity index (χ1) is 11.2. The summed E-state index contributed by atoms with van der Waals surface area (Å²) in [6.45, 7) is 0. The lowest BCUT2D eigenvalue weighted by molar-refractivity contribution is 0.0719. The molecule has 1 N–H and O–H groups in total. The highest BCUT2D eigenvalue weighted by atomic mass is 16.2. The van der Waals surface area contributed by atoms with E-state index in [1.165, 1.54) is 22.2 Å². The molecular formula is C20H20N2O. The largest absolute Gasteiger partial charge is 0.358 e. The number of rotatable bonds is 2. The Bertz CT molecular complexity index is 850. The van der Waals surface area contributed by atoms with Gasteiger partial charge in [-0.3, -0.25) is 4.79 Å². The Labute approximate surface area is 135 Å². The second-order valence-corrected chi connectivity index (χ2v) is 6.31. The van der Waals surface area contributed by atoms with Crippen LogP contribution in [0.15, 0.2) is 54.6 Å². The monoisotopic (exact) mass is 304 g/mol. The summed E-state index contributed by atoms with van der Waals surface area (Å²) in [6.07, 6.45) is 2.93. The third-order valence-corrected chi connectivity index (χ3v) is 4.96. The van der Waals surface area contributed by atoms with E-state index in [0.717, 1.165) is 24.8 Å². The molecule has 0 radical (unpaired) electrons. The van der Waals surface area contributed by atoms with Crippen molar-refractivity contribution in [3.63, 3.8) is 0 Å². The summed E-state index contributed by atoms with van der Waals surface area (Å²) >= 11 is 0. The molecule has 1 amide bonds. The third-order valence-electron chi connectivity index (χ3n) is 4.96. The Kier molecular flexibility index (Phi) is 3.41. The van der Waals surface area contributed by atoms with Crippen LogP contribution in [0.1, 0.15) is 28.0 Å². The van der Waals surface area contributed by atoms with Crippen molar-refractivity contribution in [3.8, 4) is 0 Å². The van der Waals surface area contributed by atoms with Crippen molar-refractivity contribution < 1.29 is 4.79 Å². The van der Waals surface area contributed by atoms with Crippen molar-refractivity contribution in [1.82, 2.24) is 9.88 Å². The lowest BCUT2D eigenvalue weighted by atomic mass is 9.90. The van der Waals surface area contributed by atoms with E-state index in [1.807, 2.05) is 42.3 Å². The van der Waals surface area contributed by atoms with E-state index >= 15 is 0 Å². The number of aryl methyl sites for hydroxylation is 1. The summed E-state index contributed by atoms with van der Waals surface area (Å²) in [7, 11) is 1.93. The molecule has 0 spiro atoms. The van der Waals surface area contributed by atoms with E-state index in [1.54, 1.807) is 0 Å². The van der Waals surface area contributed by atoms with Crippen molar-refractivity contribution >= 4 is 16.8 Å². The van der Waals surface area contributed by atoms with Crippen LogP contribution in [0.5, 0.6) is 0 Å². The SMILES string of the molecule is CN(C(=O)c1ccccc1)C1CCc2[nH]c3ccccc3c2C1. The van der Waals surface area contributed by atoms with Gasteiger partial charge in [0.1, 0.15) is 0 Å². The van der Waals surface area contributed by atoms with Gasteiger partial charge in [0.05, 0.1) is 0 Å². The molecule has 1 aliphatic carbocycles. The van der Waals surface area contributed by atoms with Gasteiger partial charge in [0.25, 0.3) is 5.91 Å². The number of nitrogens with one attached hydrogen (secondary N) is 1. The summed E-state index contributed by atoms with van der Waals surface area (Å²) in [4.78, 5) is 18.1. The number of amides is 1. The average molecular weight is 304 g/mol. The Morgan fingerprint density at radius 3 is 2.65 bits per heavy atom. The maximum Gasteiger partial charge on any atom is 0.253 e. The molecule has 0 bridgehead atoms. The Balaban J connectivity index is 1.61. The molecule has 23 heavy (non-hydrogen) atoms. The molecule has 1 aliphatic rings. The number of nitrogens with zero attached hydrogens (tertiary/aromatic N) is 1. The van der Waals surface area contributed by atoms with Gasteiger partial charge in [-0.25, -0.2) is 0 Å². The smallest absolute Gasteiger partial charge is 0.253 e. The second kappa shape index (κ2) is 5.58. The van der Waals surface area contributed by atoms with E-state index in [9.17, 15) is 4.79 Å². The molecule has 1 heterocycles. The highest BCUT2D eigenvalue weighted by Crippen LogP contribution is 2.31. The number of fused-ring (bicyclic) bond motifs is 3. The molecule has 0 saturated carbocycles. The molecule has 116 valence electrons.